The first-order chi connectivity index (χ1) is 31.8. The van der Waals surface area contributed by atoms with Gasteiger partial charge in [0, 0.05) is 5.56 Å². The molecule has 14 N–H and O–H groups in total. The van der Waals surface area contributed by atoms with Crippen molar-refractivity contribution in [2.45, 2.75) is 48.2 Å². The molecule has 68 heavy (non-hydrogen) atoms. The van der Waals surface area contributed by atoms with E-state index in [4.69, 9.17) is 33.2 Å². The molecule has 4 aliphatic rings. The highest BCUT2D eigenvalue weighted by atomic mass is 16.7. The molecule has 0 saturated carbocycles. The van der Waals surface area contributed by atoms with Crippen molar-refractivity contribution in [3.63, 3.8) is 0 Å². The first-order valence-electron chi connectivity index (χ1n) is 19.0. The fraction of sp³-hybridized carbons (Fsp3) is 0.220. The van der Waals surface area contributed by atoms with Gasteiger partial charge in [0.25, 0.3) is 5.79 Å². The molecule has 1 fully saturated rings. The minimum Gasteiger partial charge on any atom is -0.504 e. The summed E-state index contributed by atoms with van der Waals surface area (Å²) in [5, 5.41) is 146. The summed E-state index contributed by atoms with van der Waals surface area (Å²) < 4.78 is 38.6. The minimum atomic E-state index is -3.90. The van der Waals surface area contributed by atoms with Crippen molar-refractivity contribution in [3.8, 4) is 69.0 Å². The number of ether oxygens (including phenoxy) is 7. The fourth-order valence-corrected chi connectivity index (χ4v) is 7.59. The van der Waals surface area contributed by atoms with E-state index in [1.54, 1.807) is 0 Å². The highest BCUT2D eigenvalue weighted by Crippen LogP contribution is 2.58. The Bertz CT molecular complexity index is 2870. The van der Waals surface area contributed by atoms with Gasteiger partial charge in [-0.2, -0.15) is 0 Å². The SMILES string of the molecule is O=C1OC[C@H]2O[C@@H](OC(=O)c3cc(O)c(O)c(O)c3)[C@H](OC(=O)c3cc(O)c(O)c(O)c3)[C@@H](OC(=O)c3cc(O)c(O)c(O)c3)[C@@H]2OC(=O)c2cc(O)c(O)c3c2C2C1=CC(=O)C(O)(O3)C2(O)O. The molecule has 1 saturated heterocycles. The summed E-state index contributed by atoms with van der Waals surface area (Å²) in [6, 6.07) is 3.66. The van der Waals surface area contributed by atoms with Gasteiger partial charge in [-0.05, 0) is 48.5 Å². The van der Waals surface area contributed by atoms with E-state index < -0.39 is 193 Å². The van der Waals surface area contributed by atoms with Gasteiger partial charge in [-0.1, -0.05) is 0 Å². The number of phenols is 11. The molecule has 7 atom stereocenters. The van der Waals surface area contributed by atoms with Crippen LogP contribution in [0, 0.1) is 0 Å². The second kappa shape index (κ2) is 15.9. The number of fused-ring (bicyclic) bond motifs is 2. The number of carbonyl (C=O) groups excluding carboxylic acids is 6. The van der Waals surface area contributed by atoms with E-state index in [1.165, 1.54) is 0 Å². The molecule has 0 amide bonds. The van der Waals surface area contributed by atoms with Crippen molar-refractivity contribution in [1.82, 2.24) is 0 Å². The summed E-state index contributed by atoms with van der Waals surface area (Å²) in [5.41, 5.74) is -5.52. The third-order valence-corrected chi connectivity index (χ3v) is 10.9. The lowest BCUT2D eigenvalue weighted by Gasteiger charge is -2.49. The zero-order chi connectivity index (χ0) is 49.6. The van der Waals surface area contributed by atoms with E-state index in [1.807, 2.05) is 0 Å². The van der Waals surface area contributed by atoms with Gasteiger partial charge in [0.2, 0.25) is 23.9 Å². The van der Waals surface area contributed by atoms with Gasteiger partial charge in [-0.15, -0.1) is 0 Å². The van der Waals surface area contributed by atoms with Gasteiger partial charge in [0.05, 0.1) is 33.7 Å². The Morgan fingerprint density at radius 1 is 0.574 bits per heavy atom. The molecule has 3 heterocycles. The molecule has 2 bridgehead atoms. The van der Waals surface area contributed by atoms with Gasteiger partial charge in [-0.3, -0.25) is 4.79 Å². The summed E-state index contributed by atoms with van der Waals surface area (Å²) in [6.45, 7) is -1.30. The normalized spacial score (nSPS) is 24.6. The van der Waals surface area contributed by atoms with Crippen molar-refractivity contribution in [1.29, 1.82) is 0 Å². The maximum Gasteiger partial charge on any atom is 0.340 e. The number of phenolic OH excluding ortho intramolecular Hbond substituents is 11. The molecular weight excluding hydrogens is 924 g/mol. The Hall–Kier alpha value is -8.92. The molecule has 1 aliphatic carbocycles. The van der Waals surface area contributed by atoms with Crippen LogP contribution < -0.4 is 4.74 Å². The number of cyclic esters (lactones) is 1. The van der Waals surface area contributed by atoms with E-state index in [9.17, 15) is 100 Å². The topological polar surface area (TPSA) is 450 Å². The van der Waals surface area contributed by atoms with E-state index in [2.05, 4.69) is 0 Å². The monoisotopic (exact) mass is 954 g/mol. The number of rotatable bonds is 6. The Balaban J connectivity index is 1.32. The average molecular weight is 955 g/mol. The van der Waals surface area contributed by atoms with Gasteiger partial charge in [0.1, 0.15) is 12.7 Å². The molecule has 3 aliphatic heterocycles. The number of carbonyl (C=O) groups is 6. The summed E-state index contributed by atoms with van der Waals surface area (Å²) in [6.07, 6.45) is -12.0. The number of hydrogen-bond acceptors (Lipinski definition) is 27. The van der Waals surface area contributed by atoms with Crippen LogP contribution in [-0.4, -0.2) is 156 Å². The number of esters is 5. The minimum absolute atomic E-state index is 0.325. The van der Waals surface area contributed by atoms with Gasteiger partial charge in [0.15, 0.2) is 75.5 Å². The zero-order valence-electron chi connectivity index (χ0n) is 33.4. The van der Waals surface area contributed by atoms with Crippen molar-refractivity contribution < 1.29 is 133 Å². The smallest absolute Gasteiger partial charge is 0.340 e. The summed E-state index contributed by atoms with van der Waals surface area (Å²) in [4.78, 5) is 83.2. The van der Waals surface area contributed by atoms with E-state index in [-0.39, 0.29) is 0 Å². The van der Waals surface area contributed by atoms with Crippen LogP contribution in [0.5, 0.6) is 69.0 Å². The molecule has 356 valence electrons. The number of hydrogen-bond donors (Lipinski definition) is 14. The van der Waals surface area contributed by atoms with Crippen molar-refractivity contribution >= 4 is 35.6 Å². The Morgan fingerprint density at radius 3 is 1.50 bits per heavy atom. The third kappa shape index (κ3) is 7.18. The fourth-order valence-electron chi connectivity index (χ4n) is 7.59. The number of ketones is 1. The maximum absolute atomic E-state index is 14.5. The quantitative estimate of drug-likeness (QED) is 0.0473. The van der Waals surface area contributed by atoms with Crippen LogP contribution in [0.15, 0.2) is 54.1 Å². The van der Waals surface area contributed by atoms with Crippen molar-refractivity contribution in [2.24, 2.45) is 0 Å². The second-order valence-electron chi connectivity index (χ2n) is 15.1. The highest BCUT2D eigenvalue weighted by molar-refractivity contribution is 6.08. The molecule has 0 radical (unpaired) electrons. The molecule has 27 heteroatoms. The van der Waals surface area contributed by atoms with E-state index in [0.717, 1.165) is 0 Å². The Morgan fingerprint density at radius 2 is 1.01 bits per heavy atom. The van der Waals surface area contributed by atoms with Gasteiger partial charge in [-0.25, -0.2) is 24.0 Å². The van der Waals surface area contributed by atoms with Gasteiger partial charge >= 0.3 is 35.6 Å². The second-order valence-corrected chi connectivity index (χ2v) is 15.1. The molecule has 4 aromatic rings. The molecule has 0 spiro atoms. The molecular formula is C41H30O27. The predicted molar refractivity (Wildman–Crippen MR) is 205 cm³/mol. The average Bonchev–Trinajstić information content (AvgIpc) is 3.28. The zero-order valence-corrected chi connectivity index (χ0v) is 33.4. The number of benzene rings is 4. The summed E-state index contributed by atoms with van der Waals surface area (Å²) >= 11 is 0. The van der Waals surface area contributed by atoms with E-state index >= 15 is 0 Å². The van der Waals surface area contributed by atoms with Crippen LogP contribution in [0.3, 0.4) is 0 Å². The first-order valence-corrected chi connectivity index (χ1v) is 19.0. The van der Waals surface area contributed by atoms with Crippen LogP contribution in [0.4, 0.5) is 0 Å². The maximum atomic E-state index is 14.5. The van der Waals surface area contributed by atoms with Gasteiger partial charge < -0.3 is 105 Å². The first kappa shape index (κ1) is 45.6. The third-order valence-electron chi connectivity index (χ3n) is 10.9. The van der Waals surface area contributed by atoms with Crippen LogP contribution >= 0.6 is 0 Å². The van der Waals surface area contributed by atoms with Crippen LogP contribution in [0.25, 0.3) is 0 Å². The molecule has 4 aromatic carbocycles. The lowest BCUT2D eigenvalue weighted by atomic mass is 9.70. The summed E-state index contributed by atoms with van der Waals surface area (Å²) in [5.74, 6) is -34.2. The Labute approximate surface area is 374 Å². The highest BCUT2D eigenvalue weighted by Gasteiger charge is 2.70. The lowest BCUT2D eigenvalue weighted by molar-refractivity contribution is -0.339. The lowest BCUT2D eigenvalue weighted by Crippen LogP contribution is -2.70. The molecule has 8 rings (SSSR count). The molecule has 27 nitrogen and oxygen atoms in total. The van der Waals surface area contributed by atoms with Crippen molar-refractivity contribution in [2.75, 3.05) is 6.61 Å². The Kier molecular flexibility index (Phi) is 10.7. The van der Waals surface area contributed by atoms with Crippen molar-refractivity contribution in [3.05, 3.63) is 81.9 Å². The number of aliphatic hydroxyl groups is 3. The summed E-state index contributed by atoms with van der Waals surface area (Å²) in [7, 11) is 0. The van der Waals surface area contributed by atoms with Crippen LogP contribution in [-0.2, 0) is 38.0 Å². The van der Waals surface area contributed by atoms with E-state index in [0.29, 0.717) is 48.5 Å². The molecule has 0 aromatic heterocycles. The number of aromatic hydroxyl groups is 11. The predicted octanol–water partition coefficient (Wildman–Crippen LogP) is -1.08. The standard InChI is InChI=1S/C41H30O27/c42-15-1-10(2-16(43)26(15)50)34(54)65-32-30-22(9-62-37(57)14-8-23(49)41(61)40(59,60)25(14)24-13(38(58)64-30)7-21(48)29(53)31(24)68-41)63-39(67-36(56)12-5-19(46)28(52)20(47)6-12)33(32)66-35(55)11-3-17(44)27(51)18(45)4-11/h1-8,22,25,30,32-33,39,42-48,50-53,59-61H,9H2/t22-,25?,30-,32+,33-,39+,41?/m1/s1. The van der Waals surface area contributed by atoms with Crippen LogP contribution in [0.1, 0.15) is 52.9 Å². The molecule has 2 unspecified atom stereocenters. The van der Waals surface area contributed by atoms with Crippen LogP contribution in [0.2, 0.25) is 0 Å². The largest absolute Gasteiger partial charge is 0.504 e.